The minimum atomic E-state index is -1.30. The average Bonchev–Trinajstić information content (AvgIpc) is 3.69. The van der Waals surface area contributed by atoms with Crippen molar-refractivity contribution in [2.75, 3.05) is 0 Å². The second-order valence-corrected chi connectivity index (χ2v) is 10.7. The largest absolute Gasteiger partial charge is 0.480 e. The highest BCUT2D eigenvalue weighted by Gasteiger charge is 2.31. The number of H-pyrrole nitrogens is 2. The Hall–Kier alpha value is -5.50. The van der Waals surface area contributed by atoms with E-state index in [9.17, 15) is 29.1 Å². The number of aromatic nitrogens is 3. The lowest BCUT2D eigenvalue weighted by atomic mass is 10.0. The van der Waals surface area contributed by atoms with Crippen molar-refractivity contribution in [3.05, 3.63) is 90.1 Å². The summed E-state index contributed by atoms with van der Waals surface area (Å²) in [6.45, 7) is 0. The number of amides is 4. The molecule has 0 aliphatic heterocycles. The smallest absolute Gasteiger partial charge is 0.326 e. The zero-order chi connectivity index (χ0) is 32.3. The number of aliphatic carboxylic acids is 1. The van der Waals surface area contributed by atoms with Crippen LogP contribution >= 0.6 is 0 Å². The van der Waals surface area contributed by atoms with E-state index in [1.54, 1.807) is 36.5 Å². The van der Waals surface area contributed by atoms with Crippen LogP contribution < -0.4 is 27.4 Å². The fraction of sp³-hybridized carbons (Fsp3) is 0.290. The van der Waals surface area contributed by atoms with Crippen LogP contribution in [0.1, 0.15) is 29.7 Å². The van der Waals surface area contributed by atoms with Crippen molar-refractivity contribution >= 4 is 40.5 Å². The fourth-order valence-electron chi connectivity index (χ4n) is 4.86. The number of nitrogens with zero attached hydrogens (tertiary/aromatic N) is 1. The quantitative estimate of drug-likeness (QED) is 0.0854. The molecular formula is C31H36N8O6. The molecule has 0 fully saturated rings. The molecule has 45 heavy (non-hydrogen) atoms. The summed E-state index contributed by atoms with van der Waals surface area (Å²) in [6, 6.07) is 11.5. The Bertz CT molecular complexity index is 1620. The molecular weight excluding hydrogens is 580 g/mol. The monoisotopic (exact) mass is 616 g/mol. The number of benzene rings is 2. The number of carbonyl (C=O) groups excluding carboxylic acids is 4. The Labute approximate surface area is 258 Å². The first-order valence-electron chi connectivity index (χ1n) is 14.3. The number of fused-ring (bicyclic) bond motifs is 1. The maximum Gasteiger partial charge on any atom is 0.326 e. The lowest BCUT2D eigenvalue weighted by Crippen LogP contribution is -2.58. The number of para-hydroxylation sites is 1. The molecule has 0 spiro atoms. The van der Waals surface area contributed by atoms with Crippen LogP contribution in [0.2, 0.25) is 0 Å². The highest BCUT2D eigenvalue weighted by atomic mass is 16.4. The number of nitrogens with two attached hydrogens (primary N) is 2. The first-order chi connectivity index (χ1) is 21.6. The third kappa shape index (κ3) is 9.24. The topological polar surface area (TPSA) is 238 Å². The molecule has 2 aromatic heterocycles. The molecule has 0 bridgehead atoms. The van der Waals surface area contributed by atoms with Gasteiger partial charge in [0.25, 0.3) is 0 Å². The number of nitrogens with one attached hydrogen (secondary N) is 5. The van der Waals surface area contributed by atoms with Gasteiger partial charge in [-0.05, 0) is 23.6 Å². The van der Waals surface area contributed by atoms with Crippen LogP contribution in [0.4, 0.5) is 0 Å². The van der Waals surface area contributed by atoms with Gasteiger partial charge in [-0.25, -0.2) is 9.78 Å². The van der Waals surface area contributed by atoms with E-state index in [-0.39, 0.29) is 32.1 Å². The molecule has 0 aliphatic rings. The summed E-state index contributed by atoms with van der Waals surface area (Å²) in [5, 5.41) is 18.7. The Balaban J connectivity index is 1.53. The van der Waals surface area contributed by atoms with Gasteiger partial charge in [-0.2, -0.15) is 0 Å². The molecule has 4 amide bonds. The second kappa shape index (κ2) is 15.3. The molecule has 14 heteroatoms. The first-order valence-corrected chi connectivity index (χ1v) is 14.3. The van der Waals surface area contributed by atoms with E-state index in [2.05, 4.69) is 30.9 Å². The van der Waals surface area contributed by atoms with Crippen LogP contribution in [0.3, 0.4) is 0 Å². The lowest BCUT2D eigenvalue weighted by Gasteiger charge is -2.25. The third-order valence-electron chi connectivity index (χ3n) is 7.28. The fourth-order valence-corrected chi connectivity index (χ4v) is 4.86. The molecule has 236 valence electrons. The summed E-state index contributed by atoms with van der Waals surface area (Å²) < 4.78 is 0. The van der Waals surface area contributed by atoms with Crippen LogP contribution in [0.5, 0.6) is 0 Å². The number of carboxylic acids is 1. The maximum absolute atomic E-state index is 13.7. The highest BCUT2D eigenvalue weighted by Crippen LogP contribution is 2.19. The van der Waals surface area contributed by atoms with Crippen LogP contribution in [-0.2, 0) is 43.2 Å². The molecule has 4 rings (SSSR count). The standard InChI is InChI=1S/C31H36N8O6/c32-22(10-11-27(33)40)28(41)37-24(12-18-6-2-1-3-7-18)29(42)38-25(14-20-16-34-17-36-20)30(43)39-26(31(44)45)13-19-15-35-23-9-5-4-8-21(19)23/h1-9,15-17,22,24-26,35H,10-14,32H2,(H2,33,40)(H,34,36)(H,37,41)(H,38,42)(H,39,43)(H,44,45). The minimum Gasteiger partial charge on any atom is -0.480 e. The van der Waals surface area contributed by atoms with Gasteiger partial charge in [-0.15, -0.1) is 0 Å². The van der Waals surface area contributed by atoms with E-state index < -0.39 is 53.8 Å². The van der Waals surface area contributed by atoms with Crippen LogP contribution in [0.15, 0.2) is 73.3 Å². The van der Waals surface area contributed by atoms with Gasteiger partial charge in [0.05, 0.1) is 12.4 Å². The number of hydrogen-bond acceptors (Lipinski definition) is 7. The van der Waals surface area contributed by atoms with Crippen molar-refractivity contribution in [3.63, 3.8) is 0 Å². The average molecular weight is 617 g/mol. The summed E-state index contributed by atoms with van der Waals surface area (Å²) in [7, 11) is 0. The minimum absolute atomic E-state index is 0.00824. The van der Waals surface area contributed by atoms with Gasteiger partial charge >= 0.3 is 5.97 Å². The van der Waals surface area contributed by atoms with E-state index in [1.165, 1.54) is 12.5 Å². The molecule has 4 atom stereocenters. The lowest BCUT2D eigenvalue weighted by molar-refractivity contribution is -0.142. The summed E-state index contributed by atoms with van der Waals surface area (Å²) in [5.41, 5.74) is 13.9. The summed E-state index contributed by atoms with van der Waals surface area (Å²) >= 11 is 0. The van der Waals surface area contributed by atoms with Crippen molar-refractivity contribution in [2.45, 2.75) is 56.3 Å². The van der Waals surface area contributed by atoms with Crippen molar-refractivity contribution in [2.24, 2.45) is 11.5 Å². The van der Waals surface area contributed by atoms with E-state index in [0.29, 0.717) is 11.3 Å². The number of rotatable bonds is 16. The molecule has 4 aromatic rings. The summed E-state index contributed by atoms with van der Waals surface area (Å²) in [4.78, 5) is 73.5. The van der Waals surface area contributed by atoms with Gasteiger partial charge in [-0.1, -0.05) is 48.5 Å². The number of primary amides is 1. The van der Waals surface area contributed by atoms with E-state index in [1.807, 2.05) is 24.3 Å². The molecule has 0 saturated carbocycles. The van der Waals surface area contributed by atoms with Gasteiger partial charge in [0.2, 0.25) is 23.6 Å². The number of carbonyl (C=O) groups is 5. The van der Waals surface area contributed by atoms with Crippen molar-refractivity contribution in [1.82, 2.24) is 30.9 Å². The van der Waals surface area contributed by atoms with E-state index in [4.69, 9.17) is 11.5 Å². The predicted octanol–water partition coefficient (Wildman–Crippen LogP) is 0.0507. The van der Waals surface area contributed by atoms with Gasteiger partial charge < -0.3 is 42.5 Å². The molecule has 0 aliphatic carbocycles. The van der Waals surface area contributed by atoms with Gasteiger partial charge in [0, 0.05) is 54.7 Å². The van der Waals surface area contributed by atoms with Gasteiger partial charge in [0.1, 0.15) is 18.1 Å². The van der Waals surface area contributed by atoms with Crippen LogP contribution in [-0.4, -0.2) is 73.8 Å². The summed E-state index contributed by atoms with van der Waals surface area (Å²) in [6.07, 6.45) is 4.48. The molecule has 4 unspecified atom stereocenters. The van der Waals surface area contributed by atoms with Gasteiger partial charge in [0.15, 0.2) is 0 Å². The van der Waals surface area contributed by atoms with E-state index in [0.717, 1.165) is 16.5 Å². The van der Waals surface area contributed by atoms with Crippen LogP contribution in [0.25, 0.3) is 10.9 Å². The number of imidazole rings is 1. The molecule has 14 nitrogen and oxygen atoms in total. The zero-order valence-corrected chi connectivity index (χ0v) is 24.4. The second-order valence-electron chi connectivity index (χ2n) is 10.7. The predicted molar refractivity (Wildman–Crippen MR) is 164 cm³/mol. The molecule has 0 radical (unpaired) electrons. The Morgan fingerprint density at radius 1 is 0.800 bits per heavy atom. The number of aromatic amines is 2. The maximum atomic E-state index is 13.7. The number of hydrogen-bond donors (Lipinski definition) is 8. The SMILES string of the molecule is NC(=O)CCC(N)C(=O)NC(Cc1ccccc1)C(=O)NC(Cc1cnc[nH]1)C(=O)NC(Cc1c[nH]c2ccccc12)C(=O)O. The Kier molecular flexibility index (Phi) is 11.0. The van der Waals surface area contributed by atoms with Crippen molar-refractivity contribution in [3.8, 4) is 0 Å². The molecule has 0 saturated heterocycles. The Morgan fingerprint density at radius 2 is 1.44 bits per heavy atom. The Morgan fingerprint density at radius 3 is 2.11 bits per heavy atom. The van der Waals surface area contributed by atoms with Crippen molar-refractivity contribution in [1.29, 1.82) is 0 Å². The van der Waals surface area contributed by atoms with Gasteiger partial charge in [-0.3, -0.25) is 19.2 Å². The first kappa shape index (κ1) is 32.4. The molecule has 10 N–H and O–H groups in total. The highest BCUT2D eigenvalue weighted by molar-refractivity contribution is 5.94. The molecule has 2 heterocycles. The van der Waals surface area contributed by atoms with E-state index >= 15 is 0 Å². The number of carboxylic acid groups (broad SMARTS) is 1. The summed E-state index contributed by atoms with van der Waals surface area (Å²) in [5.74, 6) is -3.98. The van der Waals surface area contributed by atoms with Crippen molar-refractivity contribution < 1.29 is 29.1 Å². The molecule has 2 aromatic carbocycles. The van der Waals surface area contributed by atoms with Crippen LogP contribution in [0, 0.1) is 0 Å². The normalized spacial score (nSPS) is 13.7. The zero-order valence-electron chi connectivity index (χ0n) is 24.4. The third-order valence-corrected chi connectivity index (χ3v) is 7.28.